The SMILES string of the molecule is CC1(C)C2=CC[C@@](C)(O)CC[C@@]2(C)CC[C@H]1O. The predicted molar refractivity (Wildman–Crippen MR) is 69.7 cm³/mol. The van der Waals surface area contributed by atoms with Gasteiger partial charge in [-0.25, -0.2) is 0 Å². The molecule has 0 aromatic carbocycles. The maximum absolute atomic E-state index is 10.2. The lowest BCUT2D eigenvalue weighted by Crippen LogP contribution is -2.43. The van der Waals surface area contributed by atoms with Gasteiger partial charge in [-0.1, -0.05) is 32.4 Å². The van der Waals surface area contributed by atoms with E-state index in [4.69, 9.17) is 0 Å². The van der Waals surface area contributed by atoms with E-state index in [1.807, 2.05) is 6.92 Å². The first kappa shape index (κ1) is 13.1. The number of hydrogen-bond donors (Lipinski definition) is 2. The van der Waals surface area contributed by atoms with Crippen LogP contribution in [0, 0.1) is 10.8 Å². The minimum atomic E-state index is -0.575. The lowest BCUT2D eigenvalue weighted by Gasteiger charge is -2.48. The van der Waals surface area contributed by atoms with Crippen LogP contribution in [0.1, 0.15) is 59.8 Å². The zero-order valence-corrected chi connectivity index (χ0v) is 11.6. The van der Waals surface area contributed by atoms with Gasteiger partial charge in [0.05, 0.1) is 11.7 Å². The Morgan fingerprint density at radius 3 is 2.41 bits per heavy atom. The Morgan fingerprint density at radius 1 is 1.12 bits per heavy atom. The molecular formula is C15H26O2. The molecule has 2 heteroatoms. The fraction of sp³-hybridized carbons (Fsp3) is 0.867. The highest BCUT2D eigenvalue weighted by atomic mass is 16.3. The molecule has 98 valence electrons. The minimum absolute atomic E-state index is 0.145. The summed E-state index contributed by atoms with van der Waals surface area (Å²) in [6.07, 6.45) is 6.48. The van der Waals surface area contributed by atoms with E-state index in [0.29, 0.717) is 6.42 Å². The molecule has 2 nitrogen and oxygen atoms in total. The molecule has 0 bridgehead atoms. The minimum Gasteiger partial charge on any atom is -0.392 e. The van der Waals surface area contributed by atoms with Gasteiger partial charge in [-0.3, -0.25) is 0 Å². The zero-order chi connectivity index (χ0) is 12.9. The molecule has 0 heterocycles. The van der Waals surface area contributed by atoms with Gasteiger partial charge in [0.15, 0.2) is 0 Å². The van der Waals surface area contributed by atoms with Crippen molar-refractivity contribution in [1.82, 2.24) is 0 Å². The first-order chi connectivity index (χ1) is 7.67. The van der Waals surface area contributed by atoms with E-state index in [0.717, 1.165) is 25.7 Å². The van der Waals surface area contributed by atoms with E-state index in [2.05, 4.69) is 26.8 Å². The summed E-state index contributed by atoms with van der Waals surface area (Å²) in [6.45, 7) is 8.50. The highest BCUT2D eigenvalue weighted by Gasteiger charge is 2.47. The molecule has 0 aromatic rings. The van der Waals surface area contributed by atoms with Gasteiger partial charge in [0.1, 0.15) is 0 Å². The average Bonchev–Trinajstić information content (AvgIpc) is 2.33. The molecule has 0 aliphatic heterocycles. The van der Waals surface area contributed by atoms with Gasteiger partial charge in [-0.2, -0.15) is 0 Å². The molecule has 3 atom stereocenters. The summed E-state index contributed by atoms with van der Waals surface area (Å²) >= 11 is 0. The molecule has 2 rings (SSSR count). The predicted octanol–water partition coefficient (Wildman–Crippen LogP) is 3.03. The first-order valence-corrected chi connectivity index (χ1v) is 6.79. The van der Waals surface area contributed by atoms with Gasteiger partial charge in [0, 0.05) is 5.41 Å². The summed E-state index contributed by atoms with van der Waals surface area (Å²) in [4.78, 5) is 0. The lowest BCUT2D eigenvalue weighted by atomic mass is 9.58. The maximum atomic E-state index is 10.2. The molecule has 2 aliphatic rings. The molecule has 2 aliphatic carbocycles. The van der Waals surface area contributed by atoms with Crippen molar-refractivity contribution in [3.05, 3.63) is 11.6 Å². The number of fused-ring (bicyclic) bond motifs is 1. The summed E-state index contributed by atoms with van der Waals surface area (Å²) in [7, 11) is 0. The van der Waals surface area contributed by atoms with E-state index >= 15 is 0 Å². The number of rotatable bonds is 0. The highest BCUT2D eigenvalue weighted by molar-refractivity contribution is 5.27. The number of aliphatic hydroxyl groups excluding tert-OH is 1. The third-order valence-electron chi connectivity index (χ3n) is 5.11. The van der Waals surface area contributed by atoms with Crippen LogP contribution >= 0.6 is 0 Å². The van der Waals surface area contributed by atoms with Crippen molar-refractivity contribution in [2.24, 2.45) is 10.8 Å². The fourth-order valence-electron chi connectivity index (χ4n) is 3.65. The molecule has 17 heavy (non-hydrogen) atoms. The van der Waals surface area contributed by atoms with Crippen molar-refractivity contribution in [2.75, 3.05) is 0 Å². The smallest absolute Gasteiger partial charge is 0.0654 e. The standard InChI is InChI=1S/C15H26O2/c1-13(2)11-5-8-15(4,17)10-9-14(11,3)7-6-12(13)16/h5,12,16-17H,6-10H2,1-4H3/t12-,14-,15-/m1/s1. The topological polar surface area (TPSA) is 40.5 Å². The summed E-state index contributed by atoms with van der Waals surface area (Å²) < 4.78 is 0. The van der Waals surface area contributed by atoms with E-state index in [-0.39, 0.29) is 16.9 Å². The second-order valence-corrected chi connectivity index (χ2v) is 7.16. The Labute approximate surface area is 105 Å². The van der Waals surface area contributed by atoms with Crippen molar-refractivity contribution in [3.63, 3.8) is 0 Å². The molecule has 0 saturated heterocycles. The molecule has 1 fully saturated rings. The van der Waals surface area contributed by atoms with Gasteiger partial charge in [-0.15, -0.1) is 0 Å². The molecular weight excluding hydrogens is 212 g/mol. The van der Waals surface area contributed by atoms with E-state index < -0.39 is 5.60 Å². The van der Waals surface area contributed by atoms with Crippen LogP contribution in [-0.4, -0.2) is 21.9 Å². The summed E-state index contributed by atoms with van der Waals surface area (Å²) in [5.41, 5.74) is 0.812. The third-order valence-corrected chi connectivity index (χ3v) is 5.11. The fourth-order valence-corrected chi connectivity index (χ4v) is 3.65. The number of hydrogen-bond acceptors (Lipinski definition) is 2. The molecule has 1 saturated carbocycles. The molecule has 0 radical (unpaired) electrons. The quantitative estimate of drug-likeness (QED) is 0.637. The van der Waals surface area contributed by atoms with Crippen LogP contribution in [0.5, 0.6) is 0 Å². The Hall–Kier alpha value is -0.340. The average molecular weight is 238 g/mol. The lowest BCUT2D eigenvalue weighted by molar-refractivity contribution is 0.00515. The molecule has 0 unspecified atom stereocenters. The Kier molecular flexibility index (Phi) is 2.95. The van der Waals surface area contributed by atoms with E-state index in [9.17, 15) is 10.2 Å². The van der Waals surface area contributed by atoms with Crippen LogP contribution in [0.25, 0.3) is 0 Å². The second-order valence-electron chi connectivity index (χ2n) is 7.16. The van der Waals surface area contributed by atoms with Gasteiger partial charge in [0.25, 0.3) is 0 Å². The second kappa shape index (κ2) is 3.83. The van der Waals surface area contributed by atoms with Gasteiger partial charge < -0.3 is 10.2 Å². The van der Waals surface area contributed by atoms with Crippen LogP contribution in [0.15, 0.2) is 11.6 Å². The largest absolute Gasteiger partial charge is 0.392 e. The molecule has 0 amide bonds. The van der Waals surface area contributed by atoms with Crippen molar-refractivity contribution in [1.29, 1.82) is 0 Å². The number of aliphatic hydroxyl groups is 2. The van der Waals surface area contributed by atoms with Crippen molar-refractivity contribution < 1.29 is 10.2 Å². The van der Waals surface area contributed by atoms with E-state index in [1.54, 1.807) is 0 Å². The van der Waals surface area contributed by atoms with Crippen molar-refractivity contribution in [2.45, 2.75) is 71.5 Å². The normalized spacial score (nSPS) is 45.8. The van der Waals surface area contributed by atoms with E-state index in [1.165, 1.54) is 5.57 Å². The Bertz CT molecular complexity index is 341. The summed E-state index contributed by atoms with van der Waals surface area (Å²) in [5, 5.41) is 20.5. The first-order valence-electron chi connectivity index (χ1n) is 6.79. The Balaban J connectivity index is 2.40. The molecule has 2 N–H and O–H groups in total. The monoisotopic (exact) mass is 238 g/mol. The van der Waals surface area contributed by atoms with Gasteiger partial charge in [-0.05, 0) is 44.4 Å². The zero-order valence-electron chi connectivity index (χ0n) is 11.6. The highest BCUT2D eigenvalue weighted by Crippen LogP contribution is 2.55. The van der Waals surface area contributed by atoms with Crippen LogP contribution in [0.3, 0.4) is 0 Å². The van der Waals surface area contributed by atoms with Crippen LogP contribution in [-0.2, 0) is 0 Å². The Morgan fingerprint density at radius 2 is 1.76 bits per heavy atom. The van der Waals surface area contributed by atoms with Crippen LogP contribution in [0.4, 0.5) is 0 Å². The van der Waals surface area contributed by atoms with Gasteiger partial charge >= 0.3 is 0 Å². The summed E-state index contributed by atoms with van der Waals surface area (Å²) in [6, 6.07) is 0. The van der Waals surface area contributed by atoms with Crippen LogP contribution in [0.2, 0.25) is 0 Å². The van der Waals surface area contributed by atoms with Gasteiger partial charge in [0.2, 0.25) is 0 Å². The van der Waals surface area contributed by atoms with Crippen LogP contribution < -0.4 is 0 Å². The van der Waals surface area contributed by atoms with Crippen molar-refractivity contribution >= 4 is 0 Å². The summed E-state index contributed by atoms with van der Waals surface area (Å²) in [5.74, 6) is 0. The third kappa shape index (κ3) is 2.17. The molecule has 0 aromatic heterocycles. The molecule has 0 spiro atoms. The maximum Gasteiger partial charge on any atom is 0.0654 e. The van der Waals surface area contributed by atoms with Crippen molar-refractivity contribution in [3.8, 4) is 0 Å².